The maximum Gasteiger partial charge on any atom is 0.308 e. The average Bonchev–Trinajstić information content (AvgIpc) is 2.67. The molecule has 0 bridgehead atoms. The van der Waals surface area contributed by atoms with E-state index in [0.717, 1.165) is 10.6 Å². The van der Waals surface area contributed by atoms with Crippen LogP contribution in [-0.4, -0.2) is 41.1 Å². The van der Waals surface area contributed by atoms with Crippen LogP contribution in [0.4, 0.5) is 10.1 Å². The van der Waals surface area contributed by atoms with E-state index in [4.69, 9.17) is 4.74 Å². The van der Waals surface area contributed by atoms with Crippen molar-refractivity contribution in [2.75, 3.05) is 12.4 Å². The summed E-state index contributed by atoms with van der Waals surface area (Å²) in [6.45, 7) is 1.67. The Balaban J connectivity index is 1.53. The Labute approximate surface area is 172 Å². The van der Waals surface area contributed by atoms with E-state index in [9.17, 15) is 18.8 Å². The lowest BCUT2D eigenvalue weighted by Crippen LogP contribution is -2.38. The third-order valence-corrected chi connectivity index (χ3v) is 5.67. The second kappa shape index (κ2) is 9.09. The lowest BCUT2D eigenvalue weighted by molar-refractivity contribution is -0.159. The lowest BCUT2D eigenvalue weighted by Gasteiger charge is -2.25. The highest BCUT2D eigenvalue weighted by molar-refractivity contribution is 8.01. The Morgan fingerprint density at radius 2 is 2.00 bits per heavy atom. The fraction of sp³-hybridized carbons (Fsp3) is 0.286. The van der Waals surface area contributed by atoms with Gasteiger partial charge < -0.3 is 15.0 Å². The second-order valence-corrected chi connectivity index (χ2v) is 8.00. The first-order valence-electron chi connectivity index (χ1n) is 9.09. The largest absolute Gasteiger partial charge is 0.452 e. The molecule has 0 aliphatic carbocycles. The number of carbonyl (C=O) groups is 3. The molecule has 1 N–H and O–H groups in total. The number of nitrogens with zero attached hydrogens (tertiary/aromatic N) is 1. The Morgan fingerprint density at radius 3 is 2.76 bits per heavy atom. The quantitative estimate of drug-likeness (QED) is 0.732. The molecule has 6 nitrogen and oxygen atoms in total. The highest BCUT2D eigenvalue weighted by atomic mass is 32.2. The van der Waals surface area contributed by atoms with Gasteiger partial charge in [-0.2, -0.15) is 0 Å². The van der Waals surface area contributed by atoms with E-state index in [1.54, 1.807) is 25.2 Å². The van der Waals surface area contributed by atoms with Gasteiger partial charge in [0.2, 0.25) is 5.91 Å². The first kappa shape index (κ1) is 20.9. The highest BCUT2D eigenvalue weighted by Crippen LogP contribution is 2.36. The SMILES string of the molecule is C[C@@H](OC(=O)C[C@H]1Sc2ccccc2NC1=O)C(=O)N(C)Cc1cccc(F)c1. The number of amides is 2. The van der Waals surface area contributed by atoms with Crippen molar-refractivity contribution in [1.29, 1.82) is 0 Å². The number of anilines is 1. The molecule has 0 spiro atoms. The van der Waals surface area contributed by atoms with Gasteiger partial charge in [0.15, 0.2) is 6.10 Å². The standard InChI is InChI=1S/C21H21FN2O4S/c1-13(21(27)24(2)12-14-6-5-7-15(22)10-14)28-19(25)11-18-20(26)23-16-8-3-4-9-17(16)29-18/h3-10,13,18H,11-12H2,1-2H3,(H,23,26)/t13-,18-/m1/s1. The molecule has 0 fully saturated rings. The number of rotatable bonds is 6. The van der Waals surface area contributed by atoms with Crippen molar-refractivity contribution in [2.45, 2.75) is 36.1 Å². The van der Waals surface area contributed by atoms with Gasteiger partial charge in [0.25, 0.3) is 5.91 Å². The Morgan fingerprint density at radius 1 is 1.24 bits per heavy atom. The molecule has 8 heteroatoms. The van der Waals surface area contributed by atoms with Crippen LogP contribution in [0.1, 0.15) is 18.9 Å². The normalized spacial score (nSPS) is 16.4. The fourth-order valence-corrected chi connectivity index (χ4v) is 4.07. The summed E-state index contributed by atoms with van der Waals surface area (Å²) in [7, 11) is 1.55. The number of nitrogens with one attached hydrogen (secondary N) is 1. The number of para-hydroxylation sites is 1. The smallest absolute Gasteiger partial charge is 0.308 e. The van der Waals surface area contributed by atoms with Gasteiger partial charge in [-0.15, -0.1) is 11.8 Å². The molecule has 2 amide bonds. The zero-order valence-corrected chi connectivity index (χ0v) is 16.9. The van der Waals surface area contributed by atoms with E-state index >= 15 is 0 Å². The molecular weight excluding hydrogens is 395 g/mol. The van der Waals surface area contributed by atoms with Gasteiger partial charge >= 0.3 is 5.97 Å². The van der Waals surface area contributed by atoms with Crippen LogP contribution in [0.15, 0.2) is 53.4 Å². The molecule has 1 heterocycles. The van der Waals surface area contributed by atoms with Crippen LogP contribution in [0.3, 0.4) is 0 Å². The number of likely N-dealkylation sites (N-methyl/N-ethyl adjacent to an activating group) is 1. The summed E-state index contributed by atoms with van der Waals surface area (Å²) < 4.78 is 18.5. The van der Waals surface area contributed by atoms with Crippen molar-refractivity contribution in [2.24, 2.45) is 0 Å². The first-order valence-corrected chi connectivity index (χ1v) is 9.97. The van der Waals surface area contributed by atoms with Crippen LogP contribution in [0.2, 0.25) is 0 Å². The molecule has 0 aromatic heterocycles. The third kappa shape index (κ3) is 5.35. The zero-order valence-electron chi connectivity index (χ0n) is 16.1. The number of esters is 1. The summed E-state index contributed by atoms with van der Waals surface area (Å²) in [6.07, 6.45) is -1.15. The van der Waals surface area contributed by atoms with E-state index < -0.39 is 23.2 Å². The summed E-state index contributed by atoms with van der Waals surface area (Å²) in [6, 6.07) is 13.3. The molecular formula is C21H21FN2O4S. The summed E-state index contributed by atoms with van der Waals surface area (Å²) in [5.41, 5.74) is 1.35. The van der Waals surface area contributed by atoms with Crippen LogP contribution in [0.5, 0.6) is 0 Å². The van der Waals surface area contributed by atoms with Crippen molar-refractivity contribution in [1.82, 2.24) is 4.90 Å². The van der Waals surface area contributed by atoms with E-state index in [1.165, 1.54) is 35.7 Å². The monoisotopic (exact) mass is 416 g/mol. The molecule has 0 saturated heterocycles. The maximum atomic E-state index is 13.3. The van der Waals surface area contributed by atoms with Crippen molar-refractivity contribution in [3.8, 4) is 0 Å². The lowest BCUT2D eigenvalue weighted by atomic mass is 10.2. The molecule has 0 saturated carbocycles. The number of ether oxygens (including phenoxy) is 1. The van der Waals surface area contributed by atoms with Gasteiger partial charge in [0.1, 0.15) is 5.82 Å². The summed E-state index contributed by atoms with van der Waals surface area (Å²) in [4.78, 5) is 39.2. The molecule has 1 aliphatic heterocycles. The van der Waals surface area contributed by atoms with Gasteiger partial charge in [-0.1, -0.05) is 24.3 Å². The van der Waals surface area contributed by atoms with Crippen molar-refractivity contribution < 1.29 is 23.5 Å². The summed E-state index contributed by atoms with van der Waals surface area (Å²) >= 11 is 1.29. The van der Waals surface area contributed by atoms with Crippen molar-refractivity contribution in [3.63, 3.8) is 0 Å². The number of hydrogen-bond acceptors (Lipinski definition) is 5. The topological polar surface area (TPSA) is 75.7 Å². The number of fused-ring (bicyclic) bond motifs is 1. The van der Waals surface area contributed by atoms with Crippen molar-refractivity contribution >= 4 is 35.2 Å². The van der Waals surface area contributed by atoms with Gasteiger partial charge in [0.05, 0.1) is 17.4 Å². The second-order valence-electron chi connectivity index (χ2n) is 6.75. The van der Waals surface area contributed by atoms with Crippen molar-refractivity contribution in [3.05, 3.63) is 59.9 Å². The predicted octanol–water partition coefficient (Wildman–Crippen LogP) is 3.22. The summed E-state index contributed by atoms with van der Waals surface area (Å²) in [5.74, 6) is -1.69. The van der Waals surface area contributed by atoms with Gasteiger partial charge in [0, 0.05) is 18.5 Å². The number of benzene rings is 2. The number of carbonyl (C=O) groups excluding carboxylic acids is 3. The number of halogens is 1. The predicted molar refractivity (Wildman–Crippen MR) is 108 cm³/mol. The molecule has 152 valence electrons. The van der Waals surface area contributed by atoms with Gasteiger partial charge in [-0.05, 0) is 36.8 Å². The minimum Gasteiger partial charge on any atom is -0.452 e. The average molecular weight is 416 g/mol. The van der Waals surface area contributed by atoms with Gasteiger partial charge in [-0.3, -0.25) is 14.4 Å². The third-order valence-electron chi connectivity index (χ3n) is 4.40. The van der Waals surface area contributed by atoms with Crippen LogP contribution >= 0.6 is 11.8 Å². The minimum absolute atomic E-state index is 0.143. The first-order chi connectivity index (χ1) is 13.8. The van der Waals surface area contributed by atoms with Crippen LogP contribution in [-0.2, 0) is 25.7 Å². The van der Waals surface area contributed by atoms with E-state index in [1.807, 2.05) is 18.2 Å². The summed E-state index contributed by atoms with van der Waals surface area (Å²) in [5, 5.41) is 2.15. The number of hydrogen-bond donors (Lipinski definition) is 1. The van der Waals surface area contributed by atoms with E-state index in [-0.39, 0.29) is 24.7 Å². The molecule has 2 aromatic rings. The zero-order chi connectivity index (χ0) is 21.0. The molecule has 0 unspecified atom stereocenters. The molecule has 2 atom stereocenters. The van der Waals surface area contributed by atoms with E-state index in [2.05, 4.69) is 5.32 Å². The Kier molecular flexibility index (Phi) is 6.53. The molecule has 2 aromatic carbocycles. The molecule has 29 heavy (non-hydrogen) atoms. The highest BCUT2D eigenvalue weighted by Gasteiger charge is 2.31. The molecule has 3 rings (SSSR count). The Bertz CT molecular complexity index is 936. The van der Waals surface area contributed by atoms with Crippen LogP contribution < -0.4 is 5.32 Å². The van der Waals surface area contributed by atoms with E-state index in [0.29, 0.717) is 5.56 Å². The molecule has 0 radical (unpaired) electrons. The van der Waals surface area contributed by atoms with Gasteiger partial charge in [-0.25, -0.2) is 4.39 Å². The maximum absolute atomic E-state index is 13.3. The van der Waals surface area contributed by atoms with Crippen LogP contribution in [0.25, 0.3) is 0 Å². The number of thioether (sulfide) groups is 1. The Hall–Kier alpha value is -2.87. The minimum atomic E-state index is -1.01. The van der Waals surface area contributed by atoms with Crippen LogP contribution in [0, 0.1) is 5.82 Å². The molecule has 1 aliphatic rings. The fourth-order valence-electron chi connectivity index (χ4n) is 2.97.